The Balaban J connectivity index is 2.73. The molecule has 0 aliphatic heterocycles. The highest BCUT2D eigenvalue weighted by Crippen LogP contribution is 2.15. The molecule has 0 radical (unpaired) electrons. The summed E-state index contributed by atoms with van der Waals surface area (Å²) in [5.74, 6) is 0.882. The van der Waals surface area contributed by atoms with E-state index in [0.717, 1.165) is 6.26 Å². The van der Waals surface area contributed by atoms with E-state index in [9.17, 15) is 8.42 Å². The molecule has 19 heavy (non-hydrogen) atoms. The third-order valence-corrected chi connectivity index (χ3v) is 3.03. The molecule has 0 aromatic carbocycles. The topological polar surface area (TPSA) is 119 Å². The number of nitrogens with two attached hydrogens (primary N) is 1. The first-order chi connectivity index (χ1) is 8.61. The largest absolute Gasteiger partial charge is 0.481 e. The van der Waals surface area contributed by atoms with E-state index < -0.39 is 15.6 Å². The molecule has 0 saturated carbocycles. The lowest BCUT2D eigenvalue weighted by Crippen LogP contribution is -2.47. The van der Waals surface area contributed by atoms with Gasteiger partial charge in [-0.1, -0.05) is 0 Å². The Labute approximate surface area is 112 Å². The molecule has 9 heteroatoms. The third kappa shape index (κ3) is 5.71. The number of nitrogen functional groups attached to an aromatic ring is 1. The summed E-state index contributed by atoms with van der Waals surface area (Å²) >= 11 is 0. The molecule has 1 rings (SSSR count). The van der Waals surface area contributed by atoms with Gasteiger partial charge in [0, 0.05) is 18.2 Å². The van der Waals surface area contributed by atoms with Gasteiger partial charge >= 0.3 is 0 Å². The van der Waals surface area contributed by atoms with Crippen molar-refractivity contribution >= 4 is 21.8 Å². The van der Waals surface area contributed by atoms with Crippen LogP contribution in [0.1, 0.15) is 13.8 Å². The molecule has 0 atom stereocenters. The summed E-state index contributed by atoms with van der Waals surface area (Å²) in [4.78, 5) is 7.83. The van der Waals surface area contributed by atoms with Crippen molar-refractivity contribution in [3.8, 4) is 5.88 Å². The number of rotatable bonds is 6. The Hall–Kier alpha value is -1.61. The Morgan fingerprint density at radius 2 is 2.05 bits per heavy atom. The van der Waals surface area contributed by atoms with Gasteiger partial charge in [0.2, 0.25) is 21.9 Å². The number of methoxy groups -OCH3 is 1. The average Bonchev–Trinajstić information content (AvgIpc) is 2.22. The van der Waals surface area contributed by atoms with Gasteiger partial charge in [-0.2, -0.15) is 9.97 Å². The zero-order valence-electron chi connectivity index (χ0n) is 11.4. The predicted molar refractivity (Wildman–Crippen MR) is 73.5 cm³/mol. The molecule has 1 aromatic heterocycles. The van der Waals surface area contributed by atoms with Crippen LogP contribution in [-0.2, 0) is 10.0 Å². The van der Waals surface area contributed by atoms with E-state index >= 15 is 0 Å². The number of anilines is 2. The van der Waals surface area contributed by atoms with Crippen molar-refractivity contribution in [1.29, 1.82) is 0 Å². The first-order valence-electron chi connectivity index (χ1n) is 5.53. The molecule has 0 amide bonds. The Morgan fingerprint density at radius 3 is 2.58 bits per heavy atom. The van der Waals surface area contributed by atoms with Gasteiger partial charge in [-0.15, -0.1) is 0 Å². The minimum Gasteiger partial charge on any atom is -0.481 e. The van der Waals surface area contributed by atoms with E-state index in [1.54, 1.807) is 19.9 Å². The highest BCUT2D eigenvalue weighted by atomic mass is 32.2. The third-order valence-electron chi connectivity index (χ3n) is 2.10. The Kier molecular flexibility index (Phi) is 4.53. The van der Waals surface area contributed by atoms with Crippen LogP contribution in [0.25, 0.3) is 0 Å². The normalized spacial score (nSPS) is 12.2. The van der Waals surface area contributed by atoms with Crippen LogP contribution in [0.4, 0.5) is 11.8 Å². The van der Waals surface area contributed by atoms with Gasteiger partial charge < -0.3 is 15.8 Å². The molecule has 0 spiro atoms. The molecule has 0 aliphatic rings. The van der Waals surface area contributed by atoms with Crippen LogP contribution in [0, 0.1) is 0 Å². The molecular formula is C10H19N5O3S. The summed E-state index contributed by atoms with van der Waals surface area (Å²) in [6, 6.07) is 1.58. The molecule has 0 unspecified atom stereocenters. The molecule has 1 heterocycles. The second-order valence-corrected chi connectivity index (χ2v) is 6.51. The first kappa shape index (κ1) is 15.4. The van der Waals surface area contributed by atoms with Gasteiger partial charge in [0.1, 0.15) is 5.82 Å². The van der Waals surface area contributed by atoms with Crippen molar-refractivity contribution in [2.75, 3.05) is 31.0 Å². The minimum atomic E-state index is -3.28. The monoisotopic (exact) mass is 289 g/mol. The van der Waals surface area contributed by atoms with E-state index in [2.05, 4.69) is 20.0 Å². The second kappa shape index (κ2) is 5.57. The van der Waals surface area contributed by atoms with E-state index in [4.69, 9.17) is 10.5 Å². The predicted octanol–water partition coefficient (Wildman–Crippen LogP) is -0.193. The van der Waals surface area contributed by atoms with Crippen molar-refractivity contribution in [2.24, 2.45) is 0 Å². The molecule has 0 aliphatic carbocycles. The summed E-state index contributed by atoms with van der Waals surface area (Å²) in [5, 5.41) is 2.98. The molecule has 0 saturated heterocycles. The Bertz CT molecular complexity index is 544. The standard InChI is InChI=1S/C10H19N5O3S/c1-10(2,15-19(4,16)17)6-12-7-5-8(18-3)14-9(11)13-7/h5,15H,6H2,1-4H3,(H3,11,12,13,14). The lowest BCUT2D eigenvalue weighted by atomic mass is 10.1. The van der Waals surface area contributed by atoms with Crippen LogP contribution < -0.4 is 20.5 Å². The van der Waals surface area contributed by atoms with Crippen molar-refractivity contribution in [1.82, 2.24) is 14.7 Å². The van der Waals surface area contributed by atoms with E-state index in [0.29, 0.717) is 18.2 Å². The van der Waals surface area contributed by atoms with Crippen LogP contribution in [0.5, 0.6) is 5.88 Å². The van der Waals surface area contributed by atoms with Gasteiger partial charge in [0.15, 0.2) is 0 Å². The van der Waals surface area contributed by atoms with Crippen LogP contribution in [0.2, 0.25) is 0 Å². The van der Waals surface area contributed by atoms with Gasteiger partial charge in [0.05, 0.1) is 13.4 Å². The Morgan fingerprint density at radius 1 is 1.42 bits per heavy atom. The smallest absolute Gasteiger partial charge is 0.225 e. The molecule has 1 aromatic rings. The summed E-state index contributed by atoms with van der Waals surface area (Å²) in [7, 11) is -1.81. The lowest BCUT2D eigenvalue weighted by Gasteiger charge is -2.25. The maximum absolute atomic E-state index is 11.2. The molecule has 4 N–H and O–H groups in total. The first-order valence-corrected chi connectivity index (χ1v) is 7.42. The second-order valence-electron chi connectivity index (χ2n) is 4.77. The van der Waals surface area contributed by atoms with Crippen LogP contribution in [0.3, 0.4) is 0 Å². The quantitative estimate of drug-likeness (QED) is 0.663. The fourth-order valence-corrected chi connectivity index (χ4v) is 2.56. The van der Waals surface area contributed by atoms with Crippen molar-refractivity contribution in [2.45, 2.75) is 19.4 Å². The maximum atomic E-state index is 11.2. The molecular weight excluding hydrogens is 270 g/mol. The molecule has 8 nitrogen and oxygen atoms in total. The number of hydrogen-bond acceptors (Lipinski definition) is 7. The maximum Gasteiger partial charge on any atom is 0.225 e. The average molecular weight is 289 g/mol. The fraction of sp³-hybridized carbons (Fsp3) is 0.600. The lowest BCUT2D eigenvalue weighted by molar-refractivity contribution is 0.398. The minimum absolute atomic E-state index is 0.0794. The zero-order valence-corrected chi connectivity index (χ0v) is 12.2. The number of nitrogens with zero attached hydrogens (tertiary/aromatic N) is 2. The SMILES string of the molecule is COc1cc(NCC(C)(C)NS(C)(=O)=O)nc(N)n1. The fourth-order valence-electron chi connectivity index (χ4n) is 1.49. The zero-order chi connectivity index (χ0) is 14.7. The number of aromatic nitrogens is 2. The van der Waals surface area contributed by atoms with Crippen LogP contribution in [-0.4, -0.2) is 43.8 Å². The van der Waals surface area contributed by atoms with E-state index in [1.165, 1.54) is 7.11 Å². The van der Waals surface area contributed by atoms with Gasteiger partial charge in [-0.05, 0) is 13.8 Å². The summed E-state index contributed by atoms with van der Waals surface area (Å²) in [6.07, 6.45) is 1.11. The van der Waals surface area contributed by atoms with Crippen molar-refractivity contribution < 1.29 is 13.2 Å². The van der Waals surface area contributed by atoms with E-state index in [-0.39, 0.29) is 5.95 Å². The summed E-state index contributed by atoms with van der Waals surface area (Å²) < 4.78 is 29.9. The van der Waals surface area contributed by atoms with Crippen molar-refractivity contribution in [3.63, 3.8) is 0 Å². The van der Waals surface area contributed by atoms with Crippen molar-refractivity contribution in [3.05, 3.63) is 6.07 Å². The number of hydrogen-bond donors (Lipinski definition) is 3. The highest BCUT2D eigenvalue weighted by Gasteiger charge is 2.22. The number of ether oxygens (including phenoxy) is 1. The summed E-state index contributed by atoms with van der Waals surface area (Å²) in [5.41, 5.74) is 4.86. The molecule has 0 bridgehead atoms. The van der Waals surface area contributed by atoms with Crippen LogP contribution in [0.15, 0.2) is 6.07 Å². The highest BCUT2D eigenvalue weighted by molar-refractivity contribution is 7.88. The number of sulfonamides is 1. The van der Waals surface area contributed by atoms with E-state index in [1.807, 2.05) is 0 Å². The number of nitrogens with one attached hydrogen (secondary N) is 2. The molecule has 108 valence electrons. The van der Waals surface area contributed by atoms with Gasteiger partial charge in [-0.3, -0.25) is 0 Å². The van der Waals surface area contributed by atoms with Gasteiger partial charge in [-0.25, -0.2) is 13.1 Å². The van der Waals surface area contributed by atoms with Crippen LogP contribution >= 0.6 is 0 Å². The van der Waals surface area contributed by atoms with Gasteiger partial charge in [0.25, 0.3) is 0 Å². The summed E-state index contributed by atoms with van der Waals surface area (Å²) in [6.45, 7) is 3.84. The molecule has 0 fully saturated rings.